The van der Waals surface area contributed by atoms with Gasteiger partial charge in [0.2, 0.25) is 0 Å². The van der Waals surface area contributed by atoms with Gasteiger partial charge in [-0.2, -0.15) is 0 Å². The molecule has 1 aromatic heterocycles. The monoisotopic (exact) mass is 265 g/mol. The van der Waals surface area contributed by atoms with Crippen LogP contribution in [0.5, 0.6) is 11.5 Å². The molecule has 2 N–H and O–H groups in total. The van der Waals surface area contributed by atoms with E-state index in [1.165, 1.54) is 18.2 Å². The molecule has 20 heavy (non-hydrogen) atoms. The largest absolute Gasteiger partial charge is 0.505 e. The minimum absolute atomic E-state index is 0.0301. The molecule has 0 spiro atoms. The molecule has 98 valence electrons. The van der Waals surface area contributed by atoms with Gasteiger partial charge in [0, 0.05) is 5.39 Å². The van der Waals surface area contributed by atoms with Crippen LogP contribution in [-0.4, -0.2) is 15.2 Å². The molecule has 0 amide bonds. The van der Waals surface area contributed by atoms with Crippen LogP contribution >= 0.6 is 0 Å². The predicted molar refractivity (Wildman–Crippen MR) is 75.7 cm³/mol. The van der Waals surface area contributed by atoms with Crippen molar-refractivity contribution in [2.45, 2.75) is 0 Å². The SMILES string of the molecule is Oc1cccc(O)c1N=Nc1ccc2ccccc2n1. The molecular weight excluding hydrogens is 254 g/mol. The maximum atomic E-state index is 9.61. The molecule has 0 bridgehead atoms. The molecule has 0 atom stereocenters. The molecule has 2 aromatic carbocycles. The number of rotatable bonds is 2. The molecule has 5 nitrogen and oxygen atoms in total. The minimum Gasteiger partial charge on any atom is -0.505 e. The Labute approximate surface area is 114 Å². The minimum atomic E-state index is -0.130. The van der Waals surface area contributed by atoms with E-state index in [1.807, 2.05) is 30.3 Å². The zero-order chi connectivity index (χ0) is 13.9. The molecule has 0 unspecified atom stereocenters. The maximum Gasteiger partial charge on any atom is 0.174 e. The molecule has 0 aliphatic heterocycles. The van der Waals surface area contributed by atoms with Gasteiger partial charge in [-0.05, 0) is 30.3 Å². The van der Waals surface area contributed by atoms with Gasteiger partial charge in [-0.15, -0.1) is 10.2 Å². The zero-order valence-electron chi connectivity index (χ0n) is 10.4. The van der Waals surface area contributed by atoms with Gasteiger partial charge in [0.1, 0.15) is 11.5 Å². The number of aromatic hydroxyl groups is 2. The lowest BCUT2D eigenvalue weighted by atomic mass is 10.2. The molecule has 0 radical (unpaired) electrons. The molecular formula is C15H11N3O2. The van der Waals surface area contributed by atoms with Crippen molar-refractivity contribution in [2.24, 2.45) is 10.2 Å². The number of azo groups is 1. The lowest BCUT2D eigenvalue weighted by Crippen LogP contribution is -1.77. The van der Waals surface area contributed by atoms with Crippen LogP contribution in [0.3, 0.4) is 0 Å². The van der Waals surface area contributed by atoms with Gasteiger partial charge in [0.15, 0.2) is 11.5 Å². The lowest BCUT2D eigenvalue weighted by Gasteiger charge is -2.00. The number of hydrogen-bond donors (Lipinski definition) is 2. The smallest absolute Gasteiger partial charge is 0.174 e. The second-order valence-electron chi connectivity index (χ2n) is 4.21. The molecule has 1 heterocycles. The van der Waals surface area contributed by atoms with Crippen LogP contribution < -0.4 is 0 Å². The summed E-state index contributed by atoms with van der Waals surface area (Å²) in [6, 6.07) is 15.7. The topological polar surface area (TPSA) is 78.1 Å². The Morgan fingerprint density at radius 1 is 0.750 bits per heavy atom. The number of hydrogen-bond acceptors (Lipinski definition) is 5. The first kappa shape index (κ1) is 12.1. The highest BCUT2D eigenvalue weighted by molar-refractivity contribution is 5.79. The third-order valence-corrected chi connectivity index (χ3v) is 2.83. The summed E-state index contributed by atoms with van der Waals surface area (Å²) in [5.74, 6) is 0.149. The Morgan fingerprint density at radius 3 is 2.30 bits per heavy atom. The molecule has 0 saturated carbocycles. The third kappa shape index (κ3) is 2.29. The highest BCUT2D eigenvalue weighted by Gasteiger charge is 2.05. The molecule has 0 saturated heterocycles. The first-order valence-corrected chi connectivity index (χ1v) is 6.02. The fourth-order valence-corrected chi connectivity index (χ4v) is 1.83. The maximum absolute atomic E-state index is 9.61. The first-order valence-electron chi connectivity index (χ1n) is 6.02. The number of aromatic nitrogens is 1. The van der Waals surface area contributed by atoms with Gasteiger partial charge in [0.25, 0.3) is 0 Å². The van der Waals surface area contributed by atoms with Crippen LogP contribution in [-0.2, 0) is 0 Å². The fraction of sp³-hybridized carbons (Fsp3) is 0. The average molecular weight is 265 g/mol. The molecule has 3 rings (SSSR count). The summed E-state index contributed by atoms with van der Waals surface area (Å²) >= 11 is 0. The van der Waals surface area contributed by atoms with Crippen molar-refractivity contribution in [2.75, 3.05) is 0 Å². The number of nitrogens with zero attached hydrogens (tertiary/aromatic N) is 3. The summed E-state index contributed by atoms with van der Waals surface area (Å²) in [6.45, 7) is 0. The van der Waals surface area contributed by atoms with Crippen molar-refractivity contribution in [3.8, 4) is 11.5 Å². The molecule has 3 aromatic rings. The van der Waals surface area contributed by atoms with Gasteiger partial charge in [-0.1, -0.05) is 24.3 Å². The highest BCUT2D eigenvalue weighted by Crippen LogP contribution is 2.36. The normalized spacial score (nSPS) is 11.2. The van der Waals surface area contributed by atoms with E-state index in [4.69, 9.17) is 0 Å². The summed E-state index contributed by atoms with van der Waals surface area (Å²) in [4.78, 5) is 4.33. The fourth-order valence-electron chi connectivity index (χ4n) is 1.83. The van der Waals surface area contributed by atoms with Crippen LogP contribution in [0.2, 0.25) is 0 Å². The van der Waals surface area contributed by atoms with Gasteiger partial charge < -0.3 is 10.2 Å². The van der Waals surface area contributed by atoms with E-state index in [9.17, 15) is 10.2 Å². The quantitative estimate of drug-likeness (QED) is 0.686. The van der Waals surface area contributed by atoms with Crippen molar-refractivity contribution in [3.63, 3.8) is 0 Å². The average Bonchev–Trinajstić information content (AvgIpc) is 2.46. The van der Waals surface area contributed by atoms with E-state index in [1.54, 1.807) is 6.07 Å². The second kappa shape index (κ2) is 4.97. The van der Waals surface area contributed by atoms with Crippen LogP contribution in [0.25, 0.3) is 10.9 Å². The van der Waals surface area contributed by atoms with Gasteiger partial charge in [-0.3, -0.25) is 0 Å². The zero-order valence-corrected chi connectivity index (χ0v) is 10.4. The highest BCUT2D eigenvalue weighted by atomic mass is 16.3. The molecule has 0 fully saturated rings. The molecule has 5 heteroatoms. The number of phenols is 2. The predicted octanol–water partition coefficient (Wildman–Crippen LogP) is 4.06. The van der Waals surface area contributed by atoms with Crippen molar-refractivity contribution in [1.82, 2.24) is 4.98 Å². The van der Waals surface area contributed by atoms with Crippen LogP contribution in [0.15, 0.2) is 64.8 Å². The lowest BCUT2D eigenvalue weighted by molar-refractivity contribution is 0.452. The number of para-hydroxylation sites is 1. The Morgan fingerprint density at radius 2 is 1.50 bits per heavy atom. The van der Waals surface area contributed by atoms with Gasteiger partial charge >= 0.3 is 0 Å². The van der Waals surface area contributed by atoms with E-state index in [2.05, 4.69) is 15.2 Å². The van der Waals surface area contributed by atoms with E-state index < -0.39 is 0 Å². The second-order valence-corrected chi connectivity index (χ2v) is 4.21. The summed E-state index contributed by atoms with van der Waals surface area (Å²) in [6.07, 6.45) is 0. The van der Waals surface area contributed by atoms with Crippen LogP contribution in [0, 0.1) is 0 Å². The Bertz CT molecular complexity index is 780. The molecule has 0 aliphatic carbocycles. The Hall–Kier alpha value is -2.95. The van der Waals surface area contributed by atoms with Crippen molar-refractivity contribution in [3.05, 3.63) is 54.6 Å². The summed E-state index contributed by atoms with van der Waals surface area (Å²) in [5.41, 5.74) is 0.841. The van der Waals surface area contributed by atoms with Crippen LogP contribution in [0.4, 0.5) is 11.5 Å². The summed E-state index contributed by atoms with van der Waals surface area (Å²) in [7, 11) is 0. The Kier molecular flexibility index (Phi) is 3.01. The Balaban J connectivity index is 1.98. The van der Waals surface area contributed by atoms with Gasteiger partial charge in [-0.25, -0.2) is 4.98 Å². The number of fused-ring (bicyclic) bond motifs is 1. The number of pyridine rings is 1. The standard InChI is InChI=1S/C15H11N3O2/c19-12-6-3-7-13(20)15(12)18-17-14-9-8-10-4-1-2-5-11(10)16-14/h1-9,19-20H. The summed E-state index contributed by atoms with van der Waals surface area (Å²) in [5, 5.41) is 28.0. The van der Waals surface area contributed by atoms with Crippen molar-refractivity contribution in [1.29, 1.82) is 0 Å². The third-order valence-electron chi connectivity index (χ3n) is 2.83. The van der Waals surface area contributed by atoms with Crippen molar-refractivity contribution < 1.29 is 10.2 Å². The molecule has 0 aliphatic rings. The van der Waals surface area contributed by atoms with E-state index in [-0.39, 0.29) is 17.2 Å². The van der Waals surface area contributed by atoms with E-state index >= 15 is 0 Å². The summed E-state index contributed by atoms with van der Waals surface area (Å²) < 4.78 is 0. The number of phenolic OH excluding ortho intramolecular Hbond substituents is 2. The van der Waals surface area contributed by atoms with E-state index in [0.717, 1.165) is 10.9 Å². The van der Waals surface area contributed by atoms with Crippen LogP contribution in [0.1, 0.15) is 0 Å². The first-order chi connectivity index (χ1) is 9.74. The van der Waals surface area contributed by atoms with Gasteiger partial charge in [0.05, 0.1) is 5.52 Å². The number of benzene rings is 2. The van der Waals surface area contributed by atoms with E-state index in [0.29, 0.717) is 5.82 Å². The van der Waals surface area contributed by atoms with Crippen molar-refractivity contribution >= 4 is 22.4 Å².